The van der Waals surface area contributed by atoms with Crippen LogP contribution >= 0.6 is 0 Å². The first-order valence-corrected chi connectivity index (χ1v) is 11.3. The minimum atomic E-state index is -0.199. The van der Waals surface area contributed by atoms with Gasteiger partial charge in [-0.15, -0.1) is 0 Å². The van der Waals surface area contributed by atoms with Gasteiger partial charge in [-0.25, -0.2) is 9.78 Å². The first kappa shape index (κ1) is 18.9. The van der Waals surface area contributed by atoms with Crippen molar-refractivity contribution >= 4 is 17.2 Å². The SMILES string of the molecule is Cc1nc2cc([C@@H]3c4ccccc4CCN3C(=O)O[C@@H]3CN4CCC3CC4)ccc2o1. The molecular weight excluding hydrogens is 390 g/mol. The number of carbonyl (C=O) groups is 1. The molecule has 6 nitrogen and oxygen atoms in total. The highest BCUT2D eigenvalue weighted by molar-refractivity contribution is 5.75. The molecule has 3 aromatic rings. The zero-order valence-corrected chi connectivity index (χ0v) is 17.8. The Bertz CT molecular complexity index is 1130. The van der Waals surface area contributed by atoms with Crippen LogP contribution in [-0.4, -0.2) is 53.2 Å². The van der Waals surface area contributed by atoms with Crippen molar-refractivity contribution in [1.29, 1.82) is 0 Å². The lowest BCUT2D eigenvalue weighted by Gasteiger charge is -2.45. The molecule has 0 N–H and O–H groups in total. The Balaban J connectivity index is 1.35. The second-order valence-electron chi connectivity index (χ2n) is 9.07. The van der Waals surface area contributed by atoms with Crippen molar-refractivity contribution in [2.75, 3.05) is 26.2 Å². The van der Waals surface area contributed by atoms with Gasteiger partial charge in [0.2, 0.25) is 0 Å². The third-order valence-electron chi connectivity index (χ3n) is 7.20. The molecular formula is C25H27N3O3. The monoisotopic (exact) mass is 417 g/mol. The normalized spacial score (nSPS) is 27.3. The van der Waals surface area contributed by atoms with E-state index in [9.17, 15) is 4.79 Å². The van der Waals surface area contributed by atoms with Gasteiger partial charge in [-0.1, -0.05) is 30.3 Å². The van der Waals surface area contributed by atoms with E-state index < -0.39 is 0 Å². The summed E-state index contributed by atoms with van der Waals surface area (Å²) in [6.07, 6.45) is 2.91. The largest absolute Gasteiger partial charge is 0.444 e. The predicted octanol–water partition coefficient (Wildman–Crippen LogP) is 4.31. The van der Waals surface area contributed by atoms with Crippen molar-refractivity contribution in [3.63, 3.8) is 0 Å². The van der Waals surface area contributed by atoms with Crippen LogP contribution in [0.3, 0.4) is 0 Å². The molecule has 31 heavy (non-hydrogen) atoms. The smallest absolute Gasteiger partial charge is 0.410 e. The predicted molar refractivity (Wildman–Crippen MR) is 117 cm³/mol. The van der Waals surface area contributed by atoms with Gasteiger partial charge < -0.3 is 9.15 Å². The molecule has 2 atom stereocenters. The van der Waals surface area contributed by atoms with Crippen LogP contribution in [-0.2, 0) is 11.2 Å². The van der Waals surface area contributed by atoms with E-state index in [1.54, 1.807) is 0 Å². The number of hydrogen-bond donors (Lipinski definition) is 0. The van der Waals surface area contributed by atoms with Gasteiger partial charge in [-0.05, 0) is 67.1 Å². The third kappa shape index (κ3) is 3.30. The summed E-state index contributed by atoms with van der Waals surface area (Å²) in [4.78, 5) is 22.3. The zero-order valence-electron chi connectivity index (χ0n) is 17.8. The molecule has 7 rings (SSSR count). The molecule has 4 aliphatic heterocycles. The molecule has 2 aromatic carbocycles. The Labute approximate surface area is 181 Å². The van der Waals surface area contributed by atoms with E-state index in [-0.39, 0.29) is 18.2 Å². The number of aromatic nitrogens is 1. The van der Waals surface area contributed by atoms with E-state index in [1.165, 1.54) is 11.1 Å². The van der Waals surface area contributed by atoms with Crippen molar-refractivity contribution in [3.8, 4) is 0 Å². The molecule has 0 unspecified atom stereocenters. The summed E-state index contributed by atoms with van der Waals surface area (Å²) in [5, 5.41) is 0. The highest BCUT2D eigenvalue weighted by Gasteiger charge is 2.39. The fourth-order valence-electron chi connectivity index (χ4n) is 5.59. The summed E-state index contributed by atoms with van der Waals surface area (Å²) in [5.74, 6) is 1.15. The van der Waals surface area contributed by atoms with Crippen LogP contribution in [0.1, 0.15) is 41.5 Å². The fraction of sp³-hybridized carbons (Fsp3) is 0.440. The molecule has 1 aromatic heterocycles. The number of aryl methyl sites for hydroxylation is 1. The van der Waals surface area contributed by atoms with Crippen LogP contribution in [0.2, 0.25) is 0 Å². The first-order valence-electron chi connectivity index (χ1n) is 11.3. The molecule has 0 saturated carbocycles. The molecule has 0 radical (unpaired) electrons. The number of benzene rings is 2. The minimum Gasteiger partial charge on any atom is -0.444 e. The van der Waals surface area contributed by atoms with Crippen LogP contribution in [0.15, 0.2) is 46.9 Å². The quantitative estimate of drug-likeness (QED) is 0.622. The van der Waals surface area contributed by atoms with Crippen molar-refractivity contribution in [1.82, 2.24) is 14.8 Å². The number of oxazole rings is 1. The summed E-state index contributed by atoms with van der Waals surface area (Å²) in [5.41, 5.74) is 5.09. The molecule has 2 bridgehead atoms. The van der Waals surface area contributed by atoms with Crippen LogP contribution in [0.25, 0.3) is 11.1 Å². The molecule has 4 aliphatic rings. The van der Waals surface area contributed by atoms with Crippen molar-refractivity contribution < 1.29 is 13.9 Å². The standard InChI is InChI=1S/C25H27N3O3/c1-16-26-21-14-19(6-7-22(21)30-16)24-20-5-3-2-4-17(20)10-13-28(24)25(29)31-23-15-27-11-8-18(23)9-12-27/h2-7,14,18,23-24H,8-13,15H2,1H3/t23-,24-/m1/s1. The number of hydrogen-bond acceptors (Lipinski definition) is 5. The molecule has 6 heteroatoms. The summed E-state index contributed by atoms with van der Waals surface area (Å²) in [7, 11) is 0. The Morgan fingerprint density at radius 1 is 1.13 bits per heavy atom. The van der Waals surface area contributed by atoms with Gasteiger partial charge >= 0.3 is 6.09 Å². The van der Waals surface area contributed by atoms with Gasteiger partial charge in [-0.3, -0.25) is 9.80 Å². The number of carbonyl (C=O) groups excluding carboxylic acids is 1. The fourth-order valence-corrected chi connectivity index (χ4v) is 5.59. The Morgan fingerprint density at radius 3 is 2.77 bits per heavy atom. The van der Waals surface area contributed by atoms with Gasteiger partial charge in [0, 0.05) is 20.0 Å². The lowest BCUT2D eigenvalue weighted by molar-refractivity contribution is -0.0462. The van der Waals surface area contributed by atoms with E-state index in [1.807, 2.05) is 36.1 Å². The number of nitrogens with zero attached hydrogens (tertiary/aromatic N) is 3. The van der Waals surface area contributed by atoms with Crippen LogP contribution < -0.4 is 0 Å². The van der Waals surface area contributed by atoms with E-state index in [2.05, 4.69) is 28.1 Å². The van der Waals surface area contributed by atoms with E-state index in [0.29, 0.717) is 18.4 Å². The van der Waals surface area contributed by atoms with Crippen LogP contribution in [0, 0.1) is 12.8 Å². The molecule has 5 heterocycles. The number of piperidine rings is 3. The maximum Gasteiger partial charge on any atom is 0.410 e. The van der Waals surface area contributed by atoms with Crippen LogP contribution in [0.4, 0.5) is 4.79 Å². The Morgan fingerprint density at radius 2 is 1.97 bits per heavy atom. The van der Waals surface area contributed by atoms with Gasteiger partial charge in [0.15, 0.2) is 11.5 Å². The topological polar surface area (TPSA) is 58.8 Å². The highest BCUT2D eigenvalue weighted by Crippen LogP contribution is 2.38. The second-order valence-corrected chi connectivity index (χ2v) is 9.07. The lowest BCUT2D eigenvalue weighted by Crippen LogP contribution is -2.53. The van der Waals surface area contributed by atoms with Gasteiger partial charge in [0.05, 0.1) is 6.04 Å². The second kappa shape index (κ2) is 7.38. The molecule has 160 valence electrons. The molecule has 3 saturated heterocycles. The number of fused-ring (bicyclic) bond motifs is 5. The first-order chi connectivity index (χ1) is 15.2. The van der Waals surface area contributed by atoms with E-state index in [0.717, 1.165) is 55.6 Å². The van der Waals surface area contributed by atoms with E-state index >= 15 is 0 Å². The molecule has 0 spiro atoms. The number of ether oxygens (including phenoxy) is 1. The molecule has 1 amide bonds. The average molecular weight is 418 g/mol. The Hall–Kier alpha value is -2.86. The summed E-state index contributed by atoms with van der Waals surface area (Å²) < 4.78 is 11.8. The van der Waals surface area contributed by atoms with Gasteiger partial charge in [-0.2, -0.15) is 0 Å². The maximum absolute atomic E-state index is 13.5. The molecule has 0 aliphatic carbocycles. The lowest BCUT2D eigenvalue weighted by atomic mass is 9.86. The van der Waals surface area contributed by atoms with E-state index in [4.69, 9.17) is 9.15 Å². The van der Waals surface area contributed by atoms with Gasteiger partial charge in [0.25, 0.3) is 0 Å². The summed E-state index contributed by atoms with van der Waals surface area (Å²) in [6.45, 7) is 5.64. The van der Waals surface area contributed by atoms with Crippen molar-refractivity contribution in [3.05, 3.63) is 65.0 Å². The van der Waals surface area contributed by atoms with Crippen molar-refractivity contribution in [2.45, 2.75) is 38.3 Å². The average Bonchev–Trinajstić information content (AvgIpc) is 3.18. The maximum atomic E-state index is 13.5. The molecule has 3 fully saturated rings. The number of rotatable bonds is 2. The summed E-state index contributed by atoms with van der Waals surface area (Å²) in [6, 6.07) is 14.3. The minimum absolute atomic E-state index is 0.00786. The third-order valence-corrected chi connectivity index (χ3v) is 7.20. The van der Waals surface area contributed by atoms with Gasteiger partial charge in [0.1, 0.15) is 11.6 Å². The van der Waals surface area contributed by atoms with Crippen molar-refractivity contribution in [2.24, 2.45) is 5.92 Å². The number of amides is 1. The highest BCUT2D eigenvalue weighted by atomic mass is 16.6. The zero-order chi connectivity index (χ0) is 20.9. The van der Waals surface area contributed by atoms with Crippen LogP contribution in [0.5, 0.6) is 0 Å². The summed E-state index contributed by atoms with van der Waals surface area (Å²) >= 11 is 0. The Kier molecular flexibility index (Phi) is 4.49.